The minimum atomic E-state index is -0.855. The van der Waals surface area contributed by atoms with Crippen LogP contribution in [0.15, 0.2) is 61.1 Å². The monoisotopic (exact) mass is 468 g/mol. The van der Waals surface area contributed by atoms with E-state index in [2.05, 4.69) is 50.5 Å². The lowest BCUT2D eigenvalue weighted by atomic mass is 10.0. The van der Waals surface area contributed by atoms with E-state index in [9.17, 15) is 9.90 Å². The summed E-state index contributed by atoms with van der Waals surface area (Å²) in [5.41, 5.74) is 11.2. The van der Waals surface area contributed by atoms with Gasteiger partial charge in [-0.2, -0.15) is 5.10 Å². The summed E-state index contributed by atoms with van der Waals surface area (Å²) in [5.74, 6) is -1.25. The van der Waals surface area contributed by atoms with Gasteiger partial charge in [0.15, 0.2) is 0 Å². The van der Waals surface area contributed by atoms with Gasteiger partial charge < -0.3 is 15.4 Å². The molecule has 1 atom stereocenters. The number of fused-ring (bicyclic) bond motifs is 3. The number of thiophene rings is 1. The van der Waals surface area contributed by atoms with Gasteiger partial charge in [0, 0.05) is 38.8 Å². The van der Waals surface area contributed by atoms with E-state index in [1.807, 2.05) is 29.1 Å². The number of carboxylic acids is 1. The van der Waals surface area contributed by atoms with Crippen LogP contribution in [0.1, 0.15) is 6.92 Å². The molecule has 2 aromatic carbocycles. The number of H-pyrrole nitrogens is 1. The summed E-state index contributed by atoms with van der Waals surface area (Å²) in [7, 11) is 0. The molecule has 0 saturated heterocycles. The molecule has 168 valence electrons. The van der Waals surface area contributed by atoms with Crippen LogP contribution < -0.4 is 5.73 Å². The van der Waals surface area contributed by atoms with Crippen molar-refractivity contribution in [3.05, 3.63) is 61.1 Å². The third-order valence-electron chi connectivity index (χ3n) is 6.08. The number of carbonyl (C=O) groups is 1. The Labute approximate surface area is 197 Å². The van der Waals surface area contributed by atoms with Crippen molar-refractivity contribution < 1.29 is 9.90 Å². The van der Waals surface area contributed by atoms with Gasteiger partial charge in [0.05, 0.1) is 29.3 Å². The second-order valence-corrected chi connectivity index (χ2v) is 9.49. The Morgan fingerprint density at radius 2 is 2.03 bits per heavy atom. The number of aliphatic carboxylic acids is 1. The van der Waals surface area contributed by atoms with E-state index in [0.29, 0.717) is 12.1 Å². The molecule has 0 aliphatic carbocycles. The Morgan fingerprint density at radius 3 is 2.85 bits per heavy atom. The molecule has 0 bridgehead atoms. The molecule has 4 N–H and O–H groups in total. The van der Waals surface area contributed by atoms with Crippen molar-refractivity contribution in [3.8, 4) is 21.6 Å². The standard InChI is InChI=1S/C25H20N6O2S/c1-13(24(32)33)11-31-12-18(23-19(31)10-27-25(26)29-23)15-6-16-9-28-30-22(16)17(7-15)21-8-14-4-2-3-5-20(14)34-21/h2-10,12-13H,11H2,1H3,(H,28,30)(H,32,33)(H2,26,27,29). The topological polar surface area (TPSA) is 123 Å². The molecular formula is C25H20N6O2S. The van der Waals surface area contributed by atoms with E-state index in [0.717, 1.165) is 38.0 Å². The summed E-state index contributed by atoms with van der Waals surface area (Å²) >= 11 is 1.73. The lowest BCUT2D eigenvalue weighted by molar-refractivity contribution is -0.141. The Balaban J connectivity index is 1.58. The van der Waals surface area contributed by atoms with Crippen LogP contribution in [-0.4, -0.2) is 35.8 Å². The zero-order valence-electron chi connectivity index (χ0n) is 18.2. The Kier molecular flexibility index (Phi) is 4.59. The first-order valence-electron chi connectivity index (χ1n) is 10.8. The molecule has 1 unspecified atom stereocenters. The minimum absolute atomic E-state index is 0.173. The molecular weight excluding hydrogens is 448 g/mol. The predicted octanol–water partition coefficient (Wildman–Crippen LogP) is 5.16. The third-order valence-corrected chi connectivity index (χ3v) is 7.23. The fourth-order valence-corrected chi connectivity index (χ4v) is 5.43. The van der Waals surface area contributed by atoms with Gasteiger partial charge in [-0.05, 0) is 35.2 Å². The van der Waals surface area contributed by atoms with E-state index < -0.39 is 11.9 Å². The molecule has 6 aromatic rings. The van der Waals surface area contributed by atoms with Crippen molar-refractivity contribution in [2.24, 2.45) is 5.92 Å². The quantitative estimate of drug-likeness (QED) is 0.321. The van der Waals surface area contributed by atoms with Crippen LogP contribution in [0.4, 0.5) is 5.95 Å². The van der Waals surface area contributed by atoms with E-state index >= 15 is 0 Å². The lowest BCUT2D eigenvalue weighted by Gasteiger charge is -2.08. The fourth-order valence-electron chi connectivity index (χ4n) is 4.34. The number of nitrogen functional groups attached to an aromatic ring is 1. The van der Waals surface area contributed by atoms with Crippen LogP contribution in [0.2, 0.25) is 0 Å². The average Bonchev–Trinajstić information content (AvgIpc) is 3.55. The normalized spacial score (nSPS) is 12.6. The second kappa shape index (κ2) is 7.67. The first-order chi connectivity index (χ1) is 16.5. The highest BCUT2D eigenvalue weighted by Crippen LogP contribution is 2.40. The number of hydrogen-bond acceptors (Lipinski definition) is 6. The Morgan fingerprint density at radius 1 is 1.18 bits per heavy atom. The summed E-state index contributed by atoms with van der Waals surface area (Å²) in [6.07, 6.45) is 5.40. The van der Waals surface area contributed by atoms with Crippen molar-refractivity contribution in [1.82, 2.24) is 24.7 Å². The van der Waals surface area contributed by atoms with Gasteiger partial charge in [0.1, 0.15) is 5.52 Å². The molecule has 8 nitrogen and oxygen atoms in total. The fraction of sp³-hybridized carbons (Fsp3) is 0.120. The highest BCUT2D eigenvalue weighted by Gasteiger charge is 2.19. The summed E-state index contributed by atoms with van der Waals surface area (Å²) in [6.45, 7) is 1.99. The number of aromatic amines is 1. The number of nitrogens with one attached hydrogen (secondary N) is 1. The summed E-state index contributed by atoms with van der Waals surface area (Å²) < 4.78 is 3.11. The van der Waals surface area contributed by atoms with Crippen LogP contribution in [0, 0.1) is 5.92 Å². The number of benzene rings is 2. The number of anilines is 1. The molecule has 0 aliphatic heterocycles. The molecule has 6 rings (SSSR count). The molecule has 4 aromatic heterocycles. The van der Waals surface area contributed by atoms with Crippen LogP contribution in [0.25, 0.3) is 53.6 Å². The Bertz CT molecular complexity index is 1680. The van der Waals surface area contributed by atoms with Crippen molar-refractivity contribution in [2.45, 2.75) is 13.5 Å². The first kappa shape index (κ1) is 20.4. The van der Waals surface area contributed by atoms with Gasteiger partial charge in [-0.15, -0.1) is 11.3 Å². The van der Waals surface area contributed by atoms with Gasteiger partial charge in [-0.25, -0.2) is 9.97 Å². The minimum Gasteiger partial charge on any atom is -0.481 e. The molecule has 9 heteroatoms. The van der Waals surface area contributed by atoms with E-state index in [1.54, 1.807) is 24.5 Å². The van der Waals surface area contributed by atoms with Gasteiger partial charge in [0.2, 0.25) is 5.95 Å². The molecule has 0 fully saturated rings. The van der Waals surface area contributed by atoms with E-state index in [4.69, 9.17) is 5.73 Å². The maximum absolute atomic E-state index is 11.5. The first-order valence-corrected chi connectivity index (χ1v) is 11.6. The number of nitrogens with two attached hydrogens (primary N) is 1. The van der Waals surface area contributed by atoms with Gasteiger partial charge >= 0.3 is 5.97 Å². The number of nitrogens with zero attached hydrogens (tertiary/aromatic N) is 4. The zero-order chi connectivity index (χ0) is 23.4. The lowest BCUT2D eigenvalue weighted by Crippen LogP contribution is -2.16. The summed E-state index contributed by atoms with van der Waals surface area (Å²) in [6, 6.07) is 14.7. The number of carboxylic acid groups (broad SMARTS) is 1. The van der Waals surface area contributed by atoms with Gasteiger partial charge in [-0.3, -0.25) is 9.89 Å². The maximum atomic E-state index is 11.5. The molecule has 34 heavy (non-hydrogen) atoms. The molecule has 0 spiro atoms. The molecule has 0 amide bonds. The van der Waals surface area contributed by atoms with E-state index in [1.165, 1.54) is 10.1 Å². The SMILES string of the molecule is CC(Cn1cc(-c2cc(-c3cc4ccccc4s3)c3[nH]ncc3c2)c2nc(N)ncc21)C(=O)O. The maximum Gasteiger partial charge on any atom is 0.308 e. The highest BCUT2D eigenvalue weighted by atomic mass is 32.1. The van der Waals surface area contributed by atoms with Crippen molar-refractivity contribution in [3.63, 3.8) is 0 Å². The molecule has 0 radical (unpaired) electrons. The predicted molar refractivity (Wildman–Crippen MR) is 135 cm³/mol. The molecule has 0 aliphatic rings. The molecule has 4 heterocycles. The summed E-state index contributed by atoms with van der Waals surface area (Å²) in [4.78, 5) is 21.3. The Hall–Kier alpha value is -4.24. The second-order valence-electron chi connectivity index (χ2n) is 8.40. The summed E-state index contributed by atoms with van der Waals surface area (Å²) in [5, 5.41) is 19.0. The van der Waals surface area contributed by atoms with Gasteiger partial charge in [0.25, 0.3) is 0 Å². The molecule has 0 saturated carbocycles. The average molecular weight is 469 g/mol. The number of aromatic nitrogens is 5. The van der Waals surface area contributed by atoms with Crippen LogP contribution >= 0.6 is 11.3 Å². The van der Waals surface area contributed by atoms with E-state index in [-0.39, 0.29) is 5.95 Å². The van der Waals surface area contributed by atoms with Crippen molar-refractivity contribution in [2.75, 3.05) is 5.73 Å². The zero-order valence-corrected chi connectivity index (χ0v) is 19.0. The van der Waals surface area contributed by atoms with Gasteiger partial charge in [-0.1, -0.05) is 25.1 Å². The third kappa shape index (κ3) is 3.29. The largest absolute Gasteiger partial charge is 0.481 e. The number of rotatable bonds is 5. The van der Waals surface area contributed by atoms with Crippen LogP contribution in [0.5, 0.6) is 0 Å². The highest BCUT2D eigenvalue weighted by molar-refractivity contribution is 7.22. The van der Waals surface area contributed by atoms with Crippen molar-refractivity contribution in [1.29, 1.82) is 0 Å². The van der Waals surface area contributed by atoms with Crippen molar-refractivity contribution >= 4 is 55.3 Å². The number of hydrogen-bond donors (Lipinski definition) is 3. The smallest absolute Gasteiger partial charge is 0.308 e. The van der Waals surface area contributed by atoms with Crippen LogP contribution in [0.3, 0.4) is 0 Å². The van der Waals surface area contributed by atoms with Crippen LogP contribution in [-0.2, 0) is 11.3 Å².